The molecular weight excluding hydrogens is 270 g/mol. The molecule has 1 aromatic heterocycles. The number of benzene rings is 1. The second-order valence-electron chi connectivity index (χ2n) is 5.07. The average Bonchev–Trinajstić information content (AvgIpc) is 2.90. The first kappa shape index (κ1) is 15.2. The van der Waals surface area contributed by atoms with E-state index >= 15 is 0 Å². The van der Waals surface area contributed by atoms with Crippen molar-refractivity contribution in [3.63, 3.8) is 0 Å². The number of aliphatic hydroxyl groups is 1. The largest absolute Gasteiger partial charge is 0.421 e. The van der Waals surface area contributed by atoms with Crippen molar-refractivity contribution >= 4 is 5.91 Å². The second kappa shape index (κ2) is 6.49. The first-order valence-electron chi connectivity index (χ1n) is 6.81. The molecule has 1 atom stereocenters. The maximum Gasteiger partial charge on any atom is 0.253 e. The maximum absolute atomic E-state index is 12.2. The van der Waals surface area contributed by atoms with Gasteiger partial charge >= 0.3 is 0 Å². The molecule has 0 spiro atoms. The van der Waals surface area contributed by atoms with E-state index in [4.69, 9.17) is 4.42 Å². The number of carbonyl (C=O) groups excluding carboxylic acids is 1. The van der Waals surface area contributed by atoms with Gasteiger partial charge in [0, 0.05) is 31.6 Å². The molecule has 6 nitrogen and oxygen atoms in total. The van der Waals surface area contributed by atoms with Crippen LogP contribution in [0.2, 0.25) is 0 Å². The highest BCUT2D eigenvalue weighted by atomic mass is 16.4. The maximum atomic E-state index is 12.2. The summed E-state index contributed by atoms with van der Waals surface area (Å²) in [6.45, 7) is 3.95. The molecular formula is C15H19N3O3. The first-order chi connectivity index (χ1) is 9.97. The Labute approximate surface area is 123 Å². The number of aryl methyl sites for hydroxylation is 1. The molecule has 1 heterocycles. The quantitative estimate of drug-likeness (QED) is 0.909. The molecule has 1 amide bonds. The lowest BCUT2D eigenvalue weighted by Gasteiger charge is -2.18. The van der Waals surface area contributed by atoms with Crippen LogP contribution >= 0.6 is 0 Å². The number of rotatable bonds is 5. The van der Waals surface area contributed by atoms with Crippen LogP contribution in [0.5, 0.6) is 0 Å². The Bertz CT molecular complexity index is 605. The topological polar surface area (TPSA) is 79.5 Å². The summed E-state index contributed by atoms with van der Waals surface area (Å²) in [5, 5.41) is 17.0. The smallest absolute Gasteiger partial charge is 0.253 e. The van der Waals surface area contributed by atoms with Crippen LogP contribution in [0, 0.1) is 6.92 Å². The van der Waals surface area contributed by atoms with Gasteiger partial charge in [-0.3, -0.25) is 4.79 Å². The molecule has 0 aliphatic rings. The lowest BCUT2D eigenvalue weighted by molar-refractivity contribution is 0.0769. The normalized spacial score (nSPS) is 12.2. The highest BCUT2D eigenvalue weighted by Gasteiger charge is 2.13. The van der Waals surface area contributed by atoms with Crippen LogP contribution in [0.1, 0.15) is 29.6 Å². The molecule has 2 rings (SSSR count). The van der Waals surface area contributed by atoms with E-state index in [-0.39, 0.29) is 5.91 Å². The molecule has 1 N–H and O–H groups in total. The third-order valence-electron chi connectivity index (χ3n) is 3.13. The van der Waals surface area contributed by atoms with Crippen molar-refractivity contribution in [3.8, 4) is 11.5 Å². The lowest BCUT2D eigenvalue weighted by Crippen LogP contribution is -2.29. The molecule has 21 heavy (non-hydrogen) atoms. The molecule has 0 fully saturated rings. The minimum absolute atomic E-state index is 0.0797. The summed E-state index contributed by atoms with van der Waals surface area (Å²) in [6, 6.07) is 7.03. The predicted molar refractivity (Wildman–Crippen MR) is 77.7 cm³/mol. The van der Waals surface area contributed by atoms with E-state index in [0.29, 0.717) is 30.3 Å². The summed E-state index contributed by atoms with van der Waals surface area (Å²) in [4.78, 5) is 13.8. The van der Waals surface area contributed by atoms with Gasteiger partial charge in [-0.05, 0) is 37.6 Å². The van der Waals surface area contributed by atoms with E-state index in [1.165, 1.54) is 0 Å². The van der Waals surface area contributed by atoms with E-state index in [0.717, 1.165) is 5.56 Å². The molecule has 1 unspecified atom stereocenters. The zero-order chi connectivity index (χ0) is 15.4. The van der Waals surface area contributed by atoms with E-state index in [9.17, 15) is 9.90 Å². The monoisotopic (exact) mass is 289 g/mol. The van der Waals surface area contributed by atoms with E-state index in [1.807, 2.05) is 0 Å². The van der Waals surface area contributed by atoms with Gasteiger partial charge in [-0.15, -0.1) is 10.2 Å². The molecule has 0 aliphatic carbocycles. The first-order valence-corrected chi connectivity index (χ1v) is 6.81. The third kappa shape index (κ3) is 3.88. The Kier molecular flexibility index (Phi) is 4.70. The van der Waals surface area contributed by atoms with Crippen LogP contribution in [0.25, 0.3) is 11.5 Å². The van der Waals surface area contributed by atoms with Crippen LogP contribution < -0.4 is 0 Å². The van der Waals surface area contributed by atoms with Crippen LogP contribution in [-0.2, 0) is 0 Å². The van der Waals surface area contributed by atoms with Gasteiger partial charge in [-0.2, -0.15) is 0 Å². The highest BCUT2D eigenvalue weighted by Crippen LogP contribution is 2.18. The Morgan fingerprint density at radius 3 is 2.52 bits per heavy atom. The van der Waals surface area contributed by atoms with Gasteiger partial charge in [0.2, 0.25) is 11.8 Å². The Hall–Kier alpha value is -2.21. The van der Waals surface area contributed by atoms with Gasteiger partial charge in [0.15, 0.2) is 0 Å². The van der Waals surface area contributed by atoms with Crippen LogP contribution in [0.4, 0.5) is 0 Å². The average molecular weight is 289 g/mol. The summed E-state index contributed by atoms with van der Waals surface area (Å²) >= 11 is 0. The van der Waals surface area contributed by atoms with Gasteiger partial charge in [0.25, 0.3) is 5.91 Å². The second-order valence-corrected chi connectivity index (χ2v) is 5.07. The summed E-state index contributed by atoms with van der Waals surface area (Å²) in [5.41, 5.74) is 1.36. The third-order valence-corrected chi connectivity index (χ3v) is 3.13. The van der Waals surface area contributed by atoms with Crippen LogP contribution in [0.15, 0.2) is 28.7 Å². The van der Waals surface area contributed by atoms with Crippen molar-refractivity contribution in [1.82, 2.24) is 15.1 Å². The molecule has 0 saturated heterocycles. The van der Waals surface area contributed by atoms with Crippen molar-refractivity contribution in [2.75, 3.05) is 13.6 Å². The summed E-state index contributed by atoms with van der Waals surface area (Å²) < 4.78 is 5.34. The molecule has 0 saturated carbocycles. The minimum Gasteiger partial charge on any atom is -0.421 e. The molecule has 0 bridgehead atoms. The minimum atomic E-state index is -0.414. The standard InChI is InChI=1S/C15H19N3O3/c1-10(19)8-9-18(3)15(20)13-6-4-12(5-7-13)14-17-16-11(2)21-14/h4-7,10,19H,8-9H2,1-3H3. The van der Waals surface area contributed by atoms with Crippen LogP contribution in [0.3, 0.4) is 0 Å². The van der Waals surface area contributed by atoms with E-state index in [2.05, 4.69) is 10.2 Å². The molecule has 112 valence electrons. The Morgan fingerprint density at radius 1 is 1.33 bits per heavy atom. The number of amides is 1. The van der Waals surface area contributed by atoms with E-state index in [1.54, 1.807) is 50.1 Å². The van der Waals surface area contributed by atoms with Gasteiger partial charge in [-0.1, -0.05) is 0 Å². The fourth-order valence-corrected chi connectivity index (χ4v) is 1.87. The lowest BCUT2D eigenvalue weighted by atomic mass is 10.1. The van der Waals surface area contributed by atoms with Gasteiger partial charge < -0.3 is 14.4 Å². The predicted octanol–water partition coefficient (Wildman–Crippen LogP) is 1.89. The summed E-state index contributed by atoms with van der Waals surface area (Å²) in [7, 11) is 1.72. The highest BCUT2D eigenvalue weighted by molar-refractivity contribution is 5.94. The van der Waals surface area contributed by atoms with Crippen molar-refractivity contribution in [3.05, 3.63) is 35.7 Å². The SMILES string of the molecule is Cc1nnc(-c2ccc(C(=O)N(C)CCC(C)O)cc2)o1. The Morgan fingerprint density at radius 2 is 2.00 bits per heavy atom. The molecule has 6 heteroatoms. The number of aliphatic hydroxyl groups excluding tert-OH is 1. The summed E-state index contributed by atoms with van der Waals surface area (Å²) in [6.07, 6.45) is 0.144. The molecule has 1 aromatic carbocycles. The van der Waals surface area contributed by atoms with Crippen LogP contribution in [-0.4, -0.2) is 45.8 Å². The number of hydrogen-bond acceptors (Lipinski definition) is 5. The number of nitrogens with zero attached hydrogens (tertiary/aromatic N) is 3. The molecule has 2 aromatic rings. The van der Waals surface area contributed by atoms with Crippen molar-refractivity contribution in [2.24, 2.45) is 0 Å². The fraction of sp³-hybridized carbons (Fsp3) is 0.400. The van der Waals surface area contributed by atoms with Crippen molar-refractivity contribution in [2.45, 2.75) is 26.4 Å². The molecule has 0 radical (unpaired) electrons. The zero-order valence-electron chi connectivity index (χ0n) is 12.4. The van der Waals surface area contributed by atoms with Gasteiger partial charge in [0.1, 0.15) is 0 Å². The number of hydrogen-bond donors (Lipinski definition) is 1. The molecule has 0 aliphatic heterocycles. The fourth-order valence-electron chi connectivity index (χ4n) is 1.87. The van der Waals surface area contributed by atoms with E-state index < -0.39 is 6.10 Å². The number of aromatic nitrogens is 2. The Balaban J connectivity index is 2.06. The summed E-state index contributed by atoms with van der Waals surface area (Å²) in [5.74, 6) is 0.862. The van der Waals surface area contributed by atoms with Gasteiger partial charge in [0.05, 0.1) is 6.10 Å². The zero-order valence-corrected chi connectivity index (χ0v) is 12.4. The van der Waals surface area contributed by atoms with Gasteiger partial charge in [-0.25, -0.2) is 0 Å². The van der Waals surface area contributed by atoms with Crippen molar-refractivity contribution < 1.29 is 14.3 Å². The van der Waals surface area contributed by atoms with Crippen molar-refractivity contribution in [1.29, 1.82) is 0 Å². The number of carbonyl (C=O) groups is 1.